The fraction of sp³-hybridized carbons (Fsp3) is 0.273. The zero-order valence-electron chi connectivity index (χ0n) is 9.71. The van der Waals surface area contributed by atoms with Gasteiger partial charge in [-0.2, -0.15) is 0 Å². The zero-order valence-corrected chi connectivity index (χ0v) is 10.5. The van der Waals surface area contributed by atoms with Gasteiger partial charge in [-0.3, -0.25) is 24.6 Å². The van der Waals surface area contributed by atoms with Crippen LogP contribution in [-0.2, 0) is 0 Å². The van der Waals surface area contributed by atoms with Gasteiger partial charge in [0, 0.05) is 6.07 Å². The number of nitro groups is 1. The Balaban J connectivity index is 0.00000133. The second kappa shape index (κ2) is 4.60. The van der Waals surface area contributed by atoms with Gasteiger partial charge in [0.25, 0.3) is 17.5 Å². The number of carbonyl (C=O) groups excluding carboxylic acids is 2. The van der Waals surface area contributed by atoms with Gasteiger partial charge in [-0.1, -0.05) is 6.07 Å². The van der Waals surface area contributed by atoms with E-state index in [0.717, 1.165) is 4.90 Å². The molecule has 1 saturated heterocycles. The fourth-order valence-electron chi connectivity index (χ4n) is 2.30. The molecule has 0 saturated carbocycles. The van der Waals surface area contributed by atoms with E-state index in [0.29, 0.717) is 13.1 Å². The third-order valence-corrected chi connectivity index (χ3v) is 3.36. The summed E-state index contributed by atoms with van der Waals surface area (Å²) in [5.41, 5.74) is -0.225. The van der Waals surface area contributed by atoms with Crippen LogP contribution in [0.2, 0.25) is 0 Å². The van der Waals surface area contributed by atoms with E-state index in [1.165, 1.54) is 18.2 Å². The van der Waals surface area contributed by atoms with Crippen LogP contribution in [0.5, 0.6) is 0 Å². The molecule has 2 N–H and O–H groups in total. The van der Waals surface area contributed by atoms with Crippen molar-refractivity contribution < 1.29 is 32.2 Å². The summed E-state index contributed by atoms with van der Waals surface area (Å²) in [4.78, 5) is 35.7. The number of hydrogen-bond acceptors (Lipinski definition) is 4. The van der Waals surface area contributed by atoms with E-state index < -0.39 is 16.7 Å². The number of nitrogens with two attached hydrogens (primary N) is 1. The van der Waals surface area contributed by atoms with Crippen molar-refractivity contribution in [1.82, 2.24) is 4.90 Å². The van der Waals surface area contributed by atoms with Gasteiger partial charge >= 0.3 is 0 Å². The van der Waals surface area contributed by atoms with Gasteiger partial charge < -0.3 is 17.7 Å². The standard InChI is InChI=1S/C11H9N3O4.ClH/c15-10-7-2-1-3-8(14(17)18)9(7)11(16)13(10)6-4-12-5-6;/h1-3,6,12H,4-5H2;1H. The van der Waals surface area contributed by atoms with Crippen LogP contribution in [0.4, 0.5) is 5.69 Å². The van der Waals surface area contributed by atoms with Crippen LogP contribution in [0.25, 0.3) is 0 Å². The lowest BCUT2D eigenvalue weighted by atomic mass is 10.1. The highest BCUT2D eigenvalue weighted by Gasteiger charge is 2.47. The van der Waals surface area contributed by atoms with Gasteiger partial charge in [0.05, 0.1) is 10.5 Å². The Morgan fingerprint density at radius 1 is 1.26 bits per heavy atom. The van der Waals surface area contributed by atoms with Gasteiger partial charge in [-0.15, -0.1) is 0 Å². The fourth-order valence-corrected chi connectivity index (χ4v) is 2.30. The van der Waals surface area contributed by atoms with Crippen LogP contribution in [0.15, 0.2) is 18.2 Å². The smallest absolute Gasteiger partial charge is 0.282 e. The number of fused-ring (bicyclic) bond motifs is 1. The topological polar surface area (TPSA) is 97.1 Å². The minimum absolute atomic E-state index is 0. The number of nitro benzene ring substituents is 1. The summed E-state index contributed by atoms with van der Waals surface area (Å²) in [7, 11) is 0. The zero-order chi connectivity index (χ0) is 12.9. The molecule has 0 atom stereocenters. The van der Waals surface area contributed by atoms with E-state index in [1.807, 2.05) is 5.32 Å². The average Bonchev–Trinajstić information content (AvgIpc) is 2.52. The Hall–Kier alpha value is -1.99. The largest absolute Gasteiger partial charge is 1.00 e. The third kappa shape index (κ3) is 1.78. The number of quaternary nitrogens is 1. The molecule has 2 aliphatic heterocycles. The summed E-state index contributed by atoms with van der Waals surface area (Å²) >= 11 is 0. The van der Waals surface area contributed by atoms with Crippen molar-refractivity contribution >= 4 is 17.5 Å². The van der Waals surface area contributed by atoms with Gasteiger partial charge in [-0.25, -0.2) is 0 Å². The Labute approximate surface area is 114 Å². The summed E-state index contributed by atoms with van der Waals surface area (Å²) in [6.07, 6.45) is 0. The minimum atomic E-state index is -0.625. The maximum Gasteiger partial charge on any atom is 0.282 e. The third-order valence-electron chi connectivity index (χ3n) is 3.36. The van der Waals surface area contributed by atoms with Crippen molar-refractivity contribution in [3.63, 3.8) is 0 Å². The van der Waals surface area contributed by atoms with Crippen LogP contribution in [0, 0.1) is 10.1 Å². The number of hydrogen-bond donors (Lipinski definition) is 1. The molecule has 1 aromatic rings. The molecule has 2 aliphatic rings. The molecule has 0 spiro atoms. The molecule has 3 rings (SSSR count). The minimum Gasteiger partial charge on any atom is -1.00 e. The summed E-state index contributed by atoms with van der Waals surface area (Å²) in [6, 6.07) is 4.00. The Morgan fingerprint density at radius 3 is 2.47 bits per heavy atom. The van der Waals surface area contributed by atoms with Crippen molar-refractivity contribution in [2.45, 2.75) is 6.04 Å². The summed E-state index contributed by atoms with van der Waals surface area (Å²) in [6.45, 7) is 1.33. The van der Waals surface area contributed by atoms with E-state index in [1.54, 1.807) is 0 Å². The highest BCUT2D eigenvalue weighted by Crippen LogP contribution is 2.31. The Morgan fingerprint density at radius 2 is 1.95 bits per heavy atom. The van der Waals surface area contributed by atoms with Gasteiger partial charge in [0.1, 0.15) is 24.7 Å². The molecule has 0 bridgehead atoms. The number of nitrogens with zero attached hydrogens (tertiary/aromatic N) is 2. The first-order chi connectivity index (χ1) is 8.61. The second-order valence-corrected chi connectivity index (χ2v) is 4.35. The average molecular weight is 284 g/mol. The molecular formula is C11H10ClN3O4. The maximum atomic E-state index is 12.2. The van der Waals surface area contributed by atoms with E-state index >= 15 is 0 Å². The molecule has 8 heteroatoms. The lowest BCUT2D eigenvalue weighted by molar-refractivity contribution is -0.714. The quantitative estimate of drug-likeness (QED) is 0.341. The molecule has 7 nitrogen and oxygen atoms in total. The number of halogens is 1. The molecule has 0 radical (unpaired) electrons. The molecule has 0 unspecified atom stereocenters. The normalized spacial score (nSPS) is 17.8. The molecule has 1 aromatic carbocycles. The van der Waals surface area contributed by atoms with Crippen LogP contribution in [0.3, 0.4) is 0 Å². The van der Waals surface area contributed by atoms with E-state index in [2.05, 4.69) is 0 Å². The number of amides is 2. The van der Waals surface area contributed by atoms with Gasteiger partial charge in [0.2, 0.25) is 0 Å². The molecule has 19 heavy (non-hydrogen) atoms. The number of imide groups is 1. The lowest BCUT2D eigenvalue weighted by Gasteiger charge is -2.30. The second-order valence-electron chi connectivity index (χ2n) is 4.35. The van der Waals surface area contributed by atoms with Crippen LogP contribution < -0.4 is 17.7 Å². The van der Waals surface area contributed by atoms with Crippen LogP contribution in [-0.4, -0.2) is 40.8 Å². The van der Waals surface area contributed by atoms with E-state index in [-0.39, 0.29) is 35.3 Å². The van der Waals surface area contributed by atoms with Gasteiger partial charge in [0.15, 0.2) is 0 Å². The first kappa shape index (κ1) is 13.4. The number of rotatable bonds is 2. The molecule has 1 fully saturated rings. The molecular weight excluding hydrogens is 274 g/mol. The molecule has 0 aromatic heterocycles. The number of carbonyl (C=O) groups is 2. The van der Waals surface area contributed by atoms with Crippen molar-refractivity contribution in [2.75, 3.05) is 13.1 Å². The highest BCUT2D eigenvalue weighted by molar-refractivity contribution is 6.23. The maximum absolute atomic E-state index is 12.2. The first-order valence-corrected chi connectivity index (χ1v) is 5.58. The van der Waals surface area contributed by atoms with Crippen LogP contribution >= 0.6 is 0 Å². The summed E-state index contributed by atoms with van der Waals surface area (Å²) in [5, 5.41) is 12.9. The van der Waals surface area contributed by atoms with Crippen molar-refractivity contribution in [3.8, 4) is 0 Å². The lowest BCUT2D eigenvalue weighted by Crippen LogP contribution is -3.00. The summed E-state index contributed by atoms with van der Waals surface area (Å²) < 4.78 is 0. The van der Waals surface area contributed by atoms with Crippen molar-refractivity contribution in [1.29, 1.82) is 0 Å². The number of benzene rings is 1. The van der Waals surface area contributed by atoms with E-state index in [4.69, 9.17) is 0 Å². The predicted octanol–water partition coefficient (Wildman–Crippen LogP) is -3.86. The summed E-state index contributed by atoms with van der Waals surface area (Å²) in [5.74, 6) is -0.961. The molecule has 2 amide bonds. The highest BCUT2D eigenvalue weighted by atomic mass is 35.5. The predicted molar refractivity (Wildman–Crippen MR) is 59.0 cm³/mol. The van der Waals surface area contributed by atoms with Gasteiger partial charge in [-0.05, 0) is 6.07 Å². The van der Waals surface area contributed by atoms with Crippen molar-refractivity contribution in [3.05, 3.63) is 39.4 Å². The van der Waals surface area contributed by atoms with Crippen LogP contribution in [0.1, 0.15) is 20.7 Å². The molecule has 2 heterocycles. The Bertz CT molecular complexity index is 585. The van der Waals surface area contributed by atoms with Crippen molar-refractivity contribution in [2.24, 2.45) is 0 Å². The first-order valence-electron chi connectivity index (χ1n) is 5.58. The van der Waals surface area contributed by atoms with E-state index in [9.17, 15) is 19.7 Å². The SMILES string of the molecule is O=C1c2cccc([N+](=O)[O-])c2C(=O)N1C1C[NH2+]C1.[Cl-]. The molecule has 0 aliphatic carbocycles. The Kier molecular flexibility index (Phi) is 3.25. The molecule has 100 valence electrons. The monoisotopic (exact) mass is 283 g/mol.